The van der Waals surface area contributed by atoms with Crippen LogP contribution in [0.15, 0.2) is 48.5 Å². The molecule has 1 aliphatic heterocycles. The average molecular weight is 508 g/mol. The highest BCUT2D eigenvalue weighted by Gasteiger charge is 2.53. The van der Waals surface area contributed by atoms with Crippen LogP contribution >= 0.6 is 23.2 Å². The summed E-state index contributed by atoms with van der Waals surface area (Å²) in [7, 11) is 1.31. The number of rotatable bonds is 8. The zero-order chi connectivity index (χ0) is 25.0. The van der Waals surface area contributed by atoms with Gasteiger partial charge in [0.2, 0.25) is 5.91 Å². The van der Waals surface area contributed by atoms with Gasteiger partial charge in [-0.1, -0.05) is 61.3 Å². The maximum Gasteiger partial charge on any atom is 0.328 e. The molecule has 1 unspecified atom stereocenters. The first kappa shape index (κ1) is 26.5. The van der Waals surface area contributed by atoms with Crippen LogP contribution in [0.5, 0.6) is 0 Å². The van der Waals surface area contributed by atoms with Crippen molar-refractivity contribution in [2.24, 2.45) is 5.41 Å². The third kappa shape index (κ3) is 5.41. The second kappa shape index (κ2) is 11.1. The van der Waals surface area contributed by atoms with Gasteiger partial charge in [-0.05, 0) is 54.7 Å². The van der Waals surface area contributed by atoms with Crippen LogP contribution in [-0.4, -0.2) is 52.9 Å². The van der Waals surface area contributed by atoms with E-state index in [4.69, 9.17) is 27.9 Å². The van der Waals surface area contributed by atoms with Crippen LogP contribution < -0.4 is 0 Å². The van der Waals surface area contributed by atoms with Crippen molar-refractivity contribution in [3.8, 4) is 0 Å². The van der Waals surface area contributed by atoms with Gasteiger partial charge in [0.25, 0.3) is 0 Å². The molecule has 2 aromatic rings. The molecular formula is C26H31Cl2NO5. The summed E-state index contributed by atoms with van der Waals surface area (Å²) < 4.78 is 5.07. The Hall–Kier alpha value is -2.12. The zero-order valence-corrected chi connectivity index (χ0v) is 21.1. The van der Waals surface area contributed by atoms with Gasteiger partial charge in [-0.2, -0.15) is 0 Å². The molecule has 1 aliphatic rings. The maximum atomic E-state index is 14.1. The van der Waals surface area contributed by atoms with Gasteiger partial charge < -0.3 is 19.8 Å². The molecule has 2 aromatic carbocycles. The monoisotopic (exact) mass is 507 g/mol. The molecule has 8 heteroatoms. The molecule has 5 atom stereocenters. The summed E-state index contributed by atoms with van der Waals surface area (Å²) in [5.74, 6) is -1.02. The number of aliphatic hydroxyl groups excluding tert-OH is 2. The molecule has 184 valence electrons. The lowest BCUT2D eigenvalue weighted by Crippen LogP contribution is -2.58. The Kier molecular flexibility index (Phi) is 8.63. The predicted octanol–water partition coefficient (Wildman–Crippen LogP) is 4.75. The molecule has 0 saturated carbocycles. The van der Waals surface area contributed by atoms with E-state index >= 15 is 0 Å². The molecule has 6 nitrogen and oxygen atoms in total. The van der Waals surface area contributed by atoms with Gasteiger partial charge in [0.15, 0.2) is 0 Å². The predicted molar refractivity (Wildman–Crippen MR) is 132 cm³/mol. The number of amides is 1. The highest BCUT2D eigenvalue weighted by Crippen LogP contribution is 2.52. The summed E-state index contributed by atoms with van der Waals surface area (Å²) in [5, 5.41) is 20.9. The van der Waals surface area contributed by atoms with Gasteiger partial charge >= 0.3 is 5.97 Å². The number of ether oxygens (including phenoxy) is 1. The lowest BCUT2D eigenvalue weighted by Gasteiger charge is -2.51. The Bertz CT molecular complexity index is 1010. The highest BCUT2D eigenvalue weighted by atomic mass is 35.5. The molecule has 1 heterocycles. The third-order valence-corrected chi connectivity index (χ3v) is 7.17. The summed E-state index contributed by atoms with van der Waals surface area (Å²) in [6.07, 6.45) is -0.268. The number of carbonyl (C=O) groups is 2. The van der Waals surface area contributed by atoms with Crippen molar-refractivity contribution in [2.75, 3.05) is 13.7 Å². The van der Waals surface area contributed by atoms with Crippen molar-refractivity contribution in [3.63, 3.8) is 0 Å². The minimum absolute atomic E-state index is 0.0564. The van der Waals surface area contributed by atoms with E-state index in [-0.39, 0.29) is 18.2 Å². The van der Waals surface area contributed by atoms with E-state index in [0.717, 1.165) is 11.1 Å². The van der Waals surface area contributed by atoms with Crippen LogP contribution in [0.1, 0.15) is 56.2 Å². The van der Waals surface area contributed by atoms with Crippen LogP contribution in [0, 0.1) is 5.41 Å². The fourth-order valence-corrected chi connectivity index (χ4v) is 5.43. The Balaban J connectivity index is 2.25. The zero-order valence-electron chi connectivity index (χ0n) is 19.6. The van der Waals surface area contributed by atoms with Gasteiger partial charge in [0.05, 0.1) is 25.9 Å². The number of piperidine rings is 1. The molecule has 1 saturated heterocycles. The maximum absolute atomic E-state index is 14.1. The van der Waals surface area contributed by atoms with Crippen LogP contribution in [0.3, 0.4) is 0 Å². The number of benzene rings is 2. The fraction of sp³-hybridized carbons (Fsp3) is 0.462. The summed E-state index contributed by atoms with van der Waals surface area (Å²) in [6.45, 7) is 3.15. The fourth-order valence-electron chi connectivity index (χ4n) is 5.11. The van der Waals surface area contributed by atoms with E-state index in [1.54, 1.807) is 30.0 Å². The summed E-state index contributed by atoms with van der Waals surface area (Å²) in [4.78, 5) is 28.6. The third-order valence-electron chi connectivity index (χ3n) is 6.68. The van der Waals surface area contributed by atoms with Crippen molar-refractivity contribution >= 4 is 35.1 Å². The molecule has 0 aliphatic carbocycles. The molecule has 2 N–H and O–H groups in total. The molecule has 0 spiro atoms. The summed E-state index contributed by atoms with van der Waals surface area (Å²) in [6, 6.07) is 13.4. The minimum Gasteiger partial charge on any atom is -0.467 e. The Morgan fingerprint density at radius 2 is 1.85 bits per heavy atom. The lowest BCUT2D eigenvalue weighted by molar-refractivity contribution is -0.167. The first-order valence-corrected chi connectivity index (χ1v) is 12.1. The number of aliphatic hydroxyl groups is 2. The first-order valence-electron chi connectivity index (χ1n) is 11.4. The molecule has 0 aromatic heterocycles. The molecule has 1 fully saturated rings. The SMILES string of the molecule is CCC(C(=O)OC)N1C(=O)[C@@](C)(C[C@H](O)CO)C[C@H](c2cccc(Cl)c2)[C@H]1c1ccc(Cl)cc1. The number of likely N-dealkylation sites (tertiary alicyclic amines) is 1. The van der Waals surface area contributed by atoms with Crippen molar-refractivity contribution in [2.45, 2.75) is 57.2 Å². The molecule has 3 rings (SSSR count). The van der Waals surface area contributed by atoms with Crippen molar-refractivity contribution in [1.29, 1.82) is 0 Å². The quantitative estimate of drug-likeness (QED) is 0.503. The van der Waals surface area contributed by atoms with Crippen LogP contribution in [0.4, 0.5) is 0 Å². The van der Waals surface area contributed by atoms with Crippen molar-refractivity contribution in [3.05, 3.63) is 69.7 Å². The number of hydrogen-bond donors (Lipinski definition) is 2. The van der Waals surface area contributed by atoms with Gasteiger partial charge in [0.1, 0.15) is 6.04 Å². The van der Waals surface area contributed by atoms with Crippen molar-refractivity contribution in [1.82, 2.24) is 4.90 Å². The average Bonchev–Trinajstić information content (AvgIpc) is 2.82. The Labute approximate surface area is 210 Å². The second-order valence-electron chi connectivity index (χ2n) is 9.12. The standard InChI is InChI=1S/C26H31Cl2NO5/c1-4-22(24(32)34-3)29-23(16-8-10-18(27)11-9-16)21(17-6-5-7-19(28)12-17)14-26(2,25(29)33)13-20(31)15-30/h5-12,20-23,30-31H,4,13-15H2,1-3H3/t20-,21+,22?,23+,26-/m0/s1. The second-order valence-corrected chi connectivity index (χ2v) is 10.00. The normalized spacial score (nSPS) is 24.6. The van der Waals surface area contributed by atoms with Crippen LogP contribution in [-0.2, 0) is 14.3 Å². The van der Waals surface area contributed by atoms with Gasteiger partial charge in [0, 0.05) is 21.4 Å². The van der Waals surface area contributed by atoms with Crippen LogP contribution in [0.2, 0.25) is 10.0 Å². The number of esters is 1. The highest BCUT2D eigenvalue weighted by molar-refractivity contribution is 6.30. The molecule has 1 amide bonds. The smallest absolute Gasteiger partial charge is 0.328 e. The molecule has 0 bridgehead atoms. The summed E-state index contributed by atoms with van der Waals surface area (Å²) in [5.41, 5.74) is 0.712. The number of carbonyl (C=O) groups excluding carboxylic acids is 2. The number of hydrogen-bond acceptors (Lipinski definition) is 5. The van der Waals surface area contributed by atoms with E-state index in [1.807, 2.05) is 37.3 Å². The topological polar surface area (TPSA) is 87.1 Å². The van der Waals surface area contributed by atoms with E-state index in [0.29, 0.717) is 22.9 Å². The first-order chi connectivity index (χ1) is 16.1. The van der Waals surface area contributed by atoms with Crippen LogP contribution in [0.25, 0.3) is 0 Å². The Morgan fingerprint density at radius 1 is 1.18 bits per heavy atom. The van der Waals surface area contributed by atoms with Gasteiger partial charge in [-0.25, -0.2) is 4.79 Å². The van der Waals surface area contributed by atoms with E-state index in [9.17, 15) is 19.8 Å². The number of nitrogens with zero attached hydrogens (tertiary/aromatic N) is 1. The number of methoxy groups -OCH3 is 1. The minimum atomic E-state index is -1.07. The van der Waals surface area contributed by atoms with Crippen molar-refractivity contribution < 1.29 is 24.5 Å². The largest absolute Gasteiger partial charge is 0.467 e. The molecular weight excluding hydrogens is 477 g/mol. The van der Waals surface area contributed by atoms with E-state index in [2.05, 4.69) is 0 Å². The molecule has 34 heavy (non-hydrogen) atoms. The van der Waals surface area contributed by atoms with E-state index in [1.165, 1.54) is 7.11 Å². The summed E-state index contributed by atoms with van der Waals surface area (Å²) >= 11 is 12.5. The van der Waals surface area contributed by atoms with Gasteiger partial charge in [-0.15, -0.1) is 0 Å². The van der Waals surface area contributed by atoms with E-state index < -0.39 is 36.2 Å². The Morgan fingerprint density at radius 3 is 2.41 bits per heavy atom. The lowest BCUT2D eigenvalue weighted by atomic mass is 9.66. The molecule has 0 radical (unpaired) electrons. The van der Waals surface area contributed by atoms with Gasteiger partial charge in [-0.3, -0.25) is 4.79 Å². The number of halogens is 2.